The van der Waals surface area contributed by atoms with Crippen molar-refractivity contribution >= 4 is 11.6 Å². The summed E-state index contributed by atoms with van der Waals surface area (Å²) < 4.78 is 0. The van der Waals surface area contributed by atoms with Crippen molar-refractivity contribution in [3.63, 3.8) is 0 Å². The highest BCUT2D eigenvalue weighted by Crippen LogP contribution is 2.31. The molecule has 0 unspecified atom stereocenters. The molecule has 0 spiro atoms. The molecule has 5 nitrogen and oxygen atoms in total. The molecular formula is C16H17N3O2. The van der Waals surface area contributed by atoms with Crippen molar-refractivity contribution in [2.45, 2.75) is 26.7 Å². The summed E-state index contributed by atoms with van der Waals surface area (Å²) in [5.74, 6) is -0.169. The zero-order valence-corrected chi connectivity index (χ0v) is 12.1. The van der Waals surface area contributed by atoms with Crippen molar-refractivity contribution in [1.29, 1.82) is 0 Å². The zero-order valence-electron chi connectivity index (χ0n) is 12.1. The van der Waals surface area contributed by atoms with Gasteiger partial charge in [0.2, 0.25) is 0 Å². The third-order valence-corrected chi connectivity index (χ3v) is 3.84. The van der Waals surface area contributed by atoms with Gasteiger partial charge < -0.3 is 4.90 Å². The Morgan fingerprint density at radius 1 is 1.29 bits per heavy atom. The molecule has 0 atom stereocenters. The fourth-order valence-electron chi connectivity index (χ4n) is 2.89. The normalized spacial score (nSPS) is 13.9. The number of carbonyl (C=O) groups is 1. The lowest BCUT2D eigenvalue weighted by Gasteiger charge is -2.30. The number of hydrogen-bond acceptors (Lipinski definition) is 3. The summed E-state index contributed by atoms with van der Waals surface area (Å²) in [4.78, 5) is 25.5. The standard InChI is InChI=1S/C16H17N3O2/c1-10-8-11(2)12-4-3-7-19(14(12)9-10)16(21)13-5-6-15(20)18-17-13/h5-6,8-9H,3-4,7H2,1-2H3,(H,18,20). The second-order valence-electron chi connectivity index (χ2n) is 5.45. The van der Waals surface area contributed by atoms with E-state index in [0.29, 0.717) is 6.54 Å². The Morgan fingerprint density at radius 2 is 2.10 bits per heavy atom. The van der Waals surface area contributed by atoms with Gasteiger partial charge in [0.15, 0.2) is 0 Å². The molecular weight excluding hydrogens is 266 g/mol. The van der Waals surface area contributed by atoms with Crippen LogP contribution in [-0.4, -0.2) is 22.6 Å². The molecule has 0 fully saturated rings. The Labute approximate surface area is 122 Å². The lowest BCUT2D eigenvalue weighted by Crippen LogP contribution is -2.36. The number of fused-ring (bicyclic) bond motifs is 1. The highest BCUT2D eigenvalue weighted by Gasteiger charge is 2.25. The van der Waals surface area contributed by atoms with Gasteiger partial charge in [-0.05, 0) is 55.5 Å². The van der Waals surface area contributed by atoms with Crippen LogP contribution in [-0.2, 0) is 6.42 Å². The van der Waals surface area contributed by atoms with Crippen LogP contribution < -0.4 is 10.5 Å². The van der Waals surface area contributed by atoms with Crippen LogP contribution in [0.1, 0.15) is 33.6 Å². The van der Waals surface area contributed by atoms with Gasteiger partial charge in [0.1, 0.15) is 5.69 Å². The quantitative estimate of drug-likeness (QED) is 0.870. The molecule has 1 aliphatic heterocycles. The number of carbonyl (C=O) groups excluding carboxylic acids is 1. The number of H-pyrrole nitrogens is 1. The van der Waals surface area contributed by atoms with Crippen molar-refractivity contribution in [2.75, 3.05) is 11.4 Å². The van der Waals surface area contributed by atoms with E-state index in [1.807, 2.05) is 13.0 Å². The molecule has 3 rings (SSSR count). The van der Waals surface area contributed by atoms with Crippen molar-refractivity contribution in [3.05, 3.63) is 57.0 Å². The lowest BCUT2D eigenvalue weighted by atomic mass is 9.95. The van der Waals surface area contributed by atoms with Gasteiger partial charge in [-0.25, -0.2) is 5.10 Å². The van der Waals surface area contributed by atoms with E-state index < -0.39 is 0 Å². The topological polar surface area (TPSA) is 66.1 Å². The Morgan fingerprint density at radius 3 is 2.81 bits per heavy atom. The maximum Gasteiger partial charge on any atom is 0.278 e. The summed E-state index contributed by atoms with van der Waals surface area (Å²) in [7, 11) is 0. The third-order valence-electron chi connectivity index (χ3n) is 3.84. The summed E-state index contributed by atoms with van der Waals surface area (Å²) in [6.07, 6.45) is 1.93. The average molecular weight is 283 g/mol. The fourth-order valence-corrected chi connectivity index (χ4v) is 2.89. The first-order valence-electron chi connectivity index (χ1n) is 7.04. The predicted octanol–water partition coefficient (Wildman–Crippen LogP) is 1.98. The number of rotatable bonds is 1. The molecule has 1 amide bonds. The Kier molecular flexibility index (Phi) is 3.33. The molecule has 1 N–H and O–H groups in total. The van der Waals surface area contributed by atoms with Crippen molar-refractivity contribution in [3.8, 4) is 0 Å². The first-order valence-corrected chi connectivity index (χ1v) is 7.04. The van der Waals surface area contributed by atoms with Crippen LogP contribution in [0.4, 0.5) is 5.69 Å². The van der Waals surface area contributed by atoms with Crippen molar-refractivity contribution < 1.29 is 4.79 Å². The van der Waals surface area contributed by atoms with E-state index in [2.05, 4.69) is 23.2 Å². The molecule has 0 radical (unpaired) electrons. The zero-order chi connectivity index (χ0) is 15.0. The minimum atomic E-state index is -0.308. The molecule has 1 aromatic carbocycles. The second-order valence-corrected chi connectivity index (χ2v) is 5.45. The predicted molar refractivity (Wildman–Crippen MR) is 80.8 cm³/mol. The van der Waals surface area contributed by atoms with E-state index in [1.54, 1.807) is 4.90 Å². The summed E-state index contributed by atoms with van der Waals surface area (Å²) in [6, 6.07) is 6.99. The molecule has 108 valence electrons. The molecule has 0 saturated carbocycles. The highest BCUT2D eigenvalue weighted by molar-refractivity contribution is 6.05. The first kappa shape index (κ1) is 13.5. The Hall–Kier alpha value is -2.43. The smallest absolute Gasteiger partial charge is 0.278 e. The van der Waals surface area contributed by atoms with Gasteiger partial charge in [0, 0.05) is 18.3 Å². The summed E-state index contributed by atoms with van der Waals surface area (Å²) >= 11 is 0. The second kappa shape index (κ2) is 5.16. The third kappa shape index (κ3) is 2.46. The van der Waals surface area contributed by atoms with Gasteiger partial charge in [-0.3, -0.25) is 9.59 Å². The number of nitrogens with zero attached hydrogens (tertiary/aromatic N) is 2. The number of aryl methyl sites for hydroxylation is 2. The van der Waals surface area contributed by atoms with Crippen molar-refractivity contribution in [2.24, 2.45) is 0 Å². The molecule has 0 saturated heterocycles. The van der Waals surface area contributed by atoms with Crippen LogP contribution in [0.5, 0.6) is 0 Å². The van der Waals surface area contributed by atoms with Crippen LogP contribution in [0.25, 0.3) is 0 Å². The molecule has 2 aromatic rings. The number of aromatic nitrogens is 2. The van der Waals surface area contributed by atoms with Crippen molar-refractivity contribution in [1.82, 2.24) is 10.2 Å². The van der Waals surface area contributed by atoms with Gasteiger partial charge in [0.05, 0.1) is 0 Å². The number of amides is 1. The molecule has 21 heavy (non-hydrogen) atoms. The maximum absolute atomic E-state index is 12.6. The SMILES string of the molecule is Cc1cc(C)c2c(c1)N(C(=O)c1ccc(=O)[nH]n1)CCC2. The first-order chi connectivity index (χ1) is 10.1. The minimum Gasteiger partial charge on any atom is -0.307 e. The number of aromatic amines is 1. The summed E-state index contributed by atoms with van der Waals surface area (Å²) in [5.41, 5.74) is 4.51. The van der Waals surface area contributed by atoms with Gasteiger partial charge in [-0.2, -0.15) is 5.10 Å². The van der Waals surface area contributed by atoms with E-state index in [0.717, 1.165) is 24.1 Å². The molecule has 2 heterocycles. The van der Waals surface area contributed by atoms with E-state index >= 15 is 0 Å². The van der Waals surface area contributed by atoms with E-state index in [-0.39, 0.29) is 17.2 Å². The highest BCUT2D eigenvalue weighted by atomic mass is 16.2. The molecule has 1 aliphatic rings. The van der Waals surface area contributed by atoms with Crippen LogP contribution >= 0.6 is 0 Å². The van der Waals surface area contributed by atoms with Gasteiger partial charge >= 0.3 is 0 Å². The molecule has 0 bridgehead atoms. The maximum atomic E-state index is 12.6. The van der Waals surface area contributed by atoms with Gasteiger partial charge in [0.25, 0.3) is 11.5 Å². The summed E-state index contributed by atoms with van der Waals surface area (Å²) in [5, 5.41) is 6.16. The van der Waals surface area contributed by atoms with E-state index in [1.165, 1.54) is 23.3 Å². The van der Waals surface area contributed by atoms with Crippen LogP contribution in [0.3, 0.4) is 0 Å². The largest absolute Gasteiger partial charge is 0.307 e. The Balaban J connectivity index is 2.03. The molecule has 0 aliphatic carbocycles. The number of anilines is 1. The Bertz CT molecular complexity index is 744. The van der Waals surface area contributed by atoms with E-state index in [9.17, 15) is 9.59 Å². The number of benzene rings is 1. The minimum absolute atomic E-state index is 0.169. The van der Waals surface area contributed by atoms with Crippen LogP contribution in [0.15, 0.2) is 29.1 Å². The van der Waals surface area contributed by atoms with Gasteiger partial charge in [-0.15, -0.1) is 0 Å². The van der Waals surface area contributed by atoms with E-state index in [4.69, 9.17) is 0 Å². The van der Waals surface area contributed by atoms with Gasteiger partial charge in [-0.1, -0.05) is 6.07 Å². The monoisotopic (exact) mass is 283 g/mol. The van der Waals surface area contributed by atoms with Crippen LogP contribution in [0.2, 0.25) is 0 Å². The number of hydrogen-bond donors (Lipinski definition) is 1. The fraction of sp³-hybridized carbons (Fsp3) is 0.312. The van der Waals surface area contributed by atoms with Crippen LogP contribution in [0, 0.1) is 13.8 Å². The lowest BCUT2D eigenvalue weighted by molar-refractivity contribution is 0.0979. The summed E-state index contributed by atoms with van der Waals surface area (Å²) in [6.45, 7) is 4.79. The molecule has 5 heteroatoms. The number of nitrogens with one attached hydrogen (secondary N) is 1. The molecule has 1 aromatic heterocycles. The average Bonchev–Trinajstić information content (AvgIpc) is 2.46.